The zero-order valence-electron chi connectivity index (χ0n) is 19.1. The lowest BCUT2D eigenvalue weighted by Gasteiger charge is -2.34. The SMILES string of the molecule is Oc1cc(C=c2cnn3c(=[NH+]C4CC4)nc(NC(c4ccccc4)N4CCOCC4)nc23)c(O)[nH]1. The van der Waals surface area contributed by atoms with Crippen LogP contribution in [-0.4, -0.2) is 72.0 Å². The van der Waals surface area contributed by atoms with Gasteiger partial charge in [-0.3, -0.25) is 14.9 Å². The summed E-state index contributed by atoms with van der Waals surface area (Å²) in [6, 6.07) is 12.1. The standard InChI is InChI=1S/C24H26N8O3/c33-19-13-16(22(34)27-19)12-17-14-25-32-21(17)29-23(30-24(32)26-18-6-7-18)28-20(15-4-2-1-3-5-15)31-8-10-35-11-9-31/h1-5,12-14,18,20,27,33-34H,6-11H2,(H,26,28,30)/p+1. The van der Waals surface area contributed by atoms with Crippen LogP contribution in [0.4, 0.5) is 5.95 Å². The van der Waals surface area contributed by atoms with E-state index in [0.29, 0.717) is 47.3 Å². The molecule has 2 fully saturated rings. The Labute approximate surface area is 200 Å². The molecule has 1 aromatic carbocycles. The van der Waals surface area contributed by atoms with Crippen LogP contribution in [0.1, 0.15) is 30.1 Å². The predicted octanol–water partition coefficient (Wildman–Crippen LogP) is -1.00. The number of morpholine rings is 1. The molecule has 6 rings (SSSR count). The molecule has 0 spiro atoms. The molecule has 0 bridgehead atoms. The monoisotopic (exact) mass is 475 g/mol. The lowest BCUT2D eigenvalue weighted by Crippen LogP contribution is -2.80. The van der Waals surface area contributed by atoms with E-state index in [2.05, 4.69) is 37.4 Å². The summed E-state index contributed by atoms with van der Waals surface area (Å²) in [4.78, 5) is 17.9. The van der Waals surface area contributed by atoms with Gasteiger partial charge in [0.15, 0.2) is 11.8 Å². The Morgan fingerprint density at radius 3 is 2.66 bits per heavy atom. The highest BCUT2D eigenvalue weighted by molar-refractivity contribution is 5.61. The molecule has 3 aromatic heterocycles. The second-order valence-electron chi connectivity index (χ2n) is 8.83. The Balaban J connectivity index is 1.46. The maximum atomic E-state index is 10.1. The smallest absolute Gasteiger partial charge is 0.421 e. The molecule has 5 N–H and O–H groups in total. The fourth-order valence-electron chi connectivity index (χ4n) is 4.27. The molecule has 1 unspecified atom stereocenters. The van der Waals surface area contributed by atoms with Gasteiger partial charge in [0.2, 0.25) is 5.65 Å². The first-order valence-corrected chi connectivity index (χ1v) is 11.8. The summed E-state index contributed by atoms with van der Waals surface area (Å²) in [5, 5.41) is 28.5. The van der Waals surface area contributed by atoms with Crippen LogP contribution >= 0.6 is 0 Å². The molecule has 2 aliphatic rings. The van der Waals surface area contributed by atoms with Gasteiger partial charge in [0.05, 0.1) is 30.7 Å². The van der Waals surface area contributed by atoms with Crippen molar-refractivity contribution in [3.05, 3.63) is 64.6 Å². The van der Waals surface area contributed by atoms with E-state index in [1.165, 1.54) is 6.07 Å². The summed E-state index contributed by atoms with van der Waals surface area (Å²) in [6.45, 7) is 2.94. The van der Waals surface area contributed by atoms with E-state index in [0.717, 1.165) is 31.5 Å². The van der Waals surface area contributed by atoms with Crippen molar-refractivity contribution in [1.29, 1.82) is 0 Å². The fraction of sp³-hybridized carbons (Fsp3) is 0.333. The highest BCUT2D eigenvalue weighted by Crippen LogP contribution is 2.23. The average molecular weight is 476 g/mol. The van der Waals surface area contributed by atoms with Gasteiger partial charge < -0.3 is 20.3 Å². The van der Waals surface area contributed by atoms with Crippen molar-refractivity contribution < 1.29 is 19.9 Å². The normalized spacial score (nSPS) is 18.9. The van der Waals surface area contributed by atoms with Gasteiger partial charge in [-0.15, -0.1) is 5.10 Å². The van der Waals surface area contributed by atoms with E-state index in [1.807, 2.05) is 18.2 Å². The molecule has 1 saturated heterocycles. The molecular formula is C24H27N8O3+. The lowest BCUT2D eigenvalue weighted by atomic mass is 10.1. The van der Waals surface area contributed by atoms with Gasteiger partial charge in [-0.25, -0.2) is 0 Å². The fourth-order valence-corrected chi connectivity index (χ4v) is 4.27. The predicted molar refractivity (Wildman–Crippen MR) is 126 cm³/mol. The third-order valence-corrected chi connectivity index (χ3v) is 6.22. The summed E-state index contributed by atoms with van der Waals surface area (Å²) in [5.74, 6) is 0.230. The molecule has 0 radical (unpaired) electrons. The molecule has 1 aliphatic carbocycles. The van der Waals surface area contributed by atoms with Gasteiger partial charge in [-0.05, 0) is 29.5 Å². The van der Waals surface area contributed by atoms with E-state index >= 15 is 0 Å². The molecule has 4 aromatic rings. The first-order chi connectivity index (χ1) is 17.1. The zero-order chi connectivity index (χ0) is 23.8. The molecule has 11 heteroatoms. The van der Waals surface area contributed by atoms with Gasteiger partial charge in [-0.1, -0.05) is 34.8 Å². The quantitative estimate of drug-likeness (QED) is 0.239. The number of aromatic amines is 1. The number of anilines is 1. The van der Waals surface area contributed by atoms with Gasteiger partial charge in [0.25, 0.3) is 0 Å². The number of hydrogen-bond acceptors (Lipinski definition) is 8. The molecule has 4 heterocycles. The van der Waals surface area contributed by atoms with Gasteiger partial charge in [0, 0.05) is 24.7 Å². The molecule has 1 saturated carbocycles. The number of hydrogen-bond donors (Lipinski definition) is 5. The van der Waals surface area contributed by atoms with Gasteiger partial charge in [-0.2, -0.15) is 4.98 Å². The Morgan fingerprint density at radius 1 is 1.14 bits per heavy atom. The zero-order valence-corrected chi connectivity index (χ0v) is 19.1. The third-order valence-electron chi connectivity index (χ3n) is 6.22. The summed E-state index contributed by atoms with van der Waals surface area (Å²) in [5.41, 5.74) is 2.74. The third kappa shape index (κ3) is 4.55. The average Bonchev–Trinajstić information content (AvgIpc) is 3.51. The topological polar surface area (TPSA) is 138 Å². The van der Waals surface area contributed by atoms with Crippen LogP contribution in [0.25, 0.3) is 11.7 Å². The minimum absolute atomic E-state index is 0.116. The Hall–Kier alpha value is -3.96. The van der Waals surface area contributed by atoms with Crippen molar-refractivity contribution in [1.82, 2.24) is 29.5 Å². The Kier molecular flexibility index (Phi) is 5.55. The number of fused-ring (bicyclic) bond motifs is 1. The van der Waals surface area contributed by atoms with E-state index in [9.17, 15) is 10.2 Å². The van der Waals surface area contributed by atoms with Crippen LogP contribution < -0.4 is 21.1 Å². The van der Waals surface area contributed by atoms with Crippen molar-refractivity contribution in [2.75, 3.05) is 31.6 Å². The van der Waals surface area contributed by atoms with Crippen molar-refractivity contribution >= 4 is 17.7 Å². The van der Waals surface area contributed by atoms with E-state index in [-0.39, 0.29) is 17.9 Å². The number of aromatic nitrogens is 5. The lowest BCUT2D eigenvalue weighted by molar-refractivity contribution is -0.523. The first-order valence-electron chi connectivity index (χ1n) is 11.8. The molecule has 180 valence electrons. The summed E-state index contributed by atoms with van der Waals surface area (Å²) in [7, 11) is 0. The molecule has 1 atom stereocenters. The number of nitrogens with zero attached hydrogens (tertiary/aromatic N) is 5. The number of H-pyrrole nitrogens is 1. The van der Waals surface area contributed by atoms with E-state index in [4.69, 9.17) is 14.7 Å². The van der Waals surface area contributed by atoms with Crippen molar-refractivity contribution in [3.63, 3.8) is 0 Å². The summed E-state index contributed by atoms with van der Waals surface area (Å²) < 4.78 is 7.24. The summed E-state index contributed by atoms with van der Waals surface area (Å²) in [6.07, 6.45) is 5.45. The highest BCUT2D eigenvalue weighted by Gasteiger charge is 2.27. The molecular weight excluding hydrogens is 448 g/mol. The van der Waals surface area contributed by atoms with Crippen molar-refractivity contribution in [2.24, 2.45) is 0 Å². The maximum absolute atomic E-state index is 10.1. The number of ether oxygens (including phenoxy) is 1. The van der Waals surface area contributed by atoms with Crippen molar-refractivity contribution in [3.8, 4) is 11.8 Å². The first kappa shape index (κ1) is 21.6. The van der Waals surface area contributed by atoms with Gasteiger partial charge in [0.1, 0.15) is 6.17 Å². The minimum atomic E-state index is -0.127. The Morgan fingerprint density at radius 2 is 1.94 bits per heavy atom. The number of nitrogens with one attached hydrogen (secondary N) is 3. The number of benzene rings is 1. The molecule has 35 heavy (non-hydrogen) atoms. The largest absolute Gasteiger partial charge is 0.494 e. The van der Waals surface area contributed by atoms with Crippen molar-refractivity contribution in [2.45, 2.75) is 25.0 Å². The van der Waals surface area contributed by atoms with Crippen LogP contribution in [0, 0.1) is 0 Å². The van der Waals surface area contributed by atoms with Crippen LogP contribution in [0.5, 0.6) is 11.8 Å². The molecule has 1 aliphatic heterocycles. The van der Waals surface area contributed by atoms with Crippen LogP contribution in [-0.2, 0) is 4.74 Å². The second kappa shape index (κ2) is 9.01. The van der Waals surface area contributed by atoms with E-state index < -0.39 is 0 Å². The van der Waals surface area contributed by atoms with E-state index in [1.54, 1.807) is 16.8 Å². The highest BCUT2D eigenvalue weighted by atomic mass is 16.5. The number of rotatable bonds is 6. The minimum Gasteiger partial charge on any atom is -0.494 e. The second-order valence-corrected chi connectivity index (χ2v) is 8.83. The number of aromatic hydroxyl groups is 2. The van der Waals surface area contributed by atoms with Crippen LogP contribution in [0.15, 0.2) is 42.6 Å². The summed E-state index contributed by atoms with van der Waals surface area (Å²) >= 11 is 0. The van der Waals surface area contributed by atoms with Crippen LogP contribution in [0.3, 0.4) is 0 Å². The molecule has 11 nitrogen and oxygen atoms in total. The van der Waals surface area contributed by atoms with Gasteiger partial charge >= 0.3 is 11.6 Å². The van der Waals surface area contributed by atoms with Crippen LogP contribution in [0.2, 0.25) is 0 Å². The Bertz CT molecular complexity index is 1460. The molecule has 0 amide bonds. The maximum Gasteiger partial charge on any atom is 0.421 e.